The van der Waals surface area contributed by atoms with E-state index in [0.717, 1.165) is 25.7 Å². The number of benzene rings is 1. The van der Waals surface area contributed by atoms with E-state index in [1.807, 2.05) is 25.1 Å². The van der Waals surface area contributed by atoms with Crippen LogP contribution in [-0.4, -0.2) is 16.8 Å². The SMILES string of the molecule is CC(OCc1ccccc1)C1(O)CCCCC1. The van der Waals surface area contributed by atoms with Crippen LogP contribution < -0.4 is 0 Å². The van der Waals surface area contributed by atoms with Gasteiger partial charge in [0.15, 0.2) is 0 Å². The molecule has 1 aromatic carbocycles. The van der Waals surface area contributed by atoms with E-state index in [9.17, 15) is 5.11 Å². The van der Waals surface area contributed by atoms with Gasteiger partial charge in [-0.05, 0) is 25.3 Å². The van der Waals surface area contributed by atoms with Crippen molar-refractivity contribution in [3.63, 3.8) is 0 Å². The summed E-state index contributed by atoms with van der Waals surface area (Å²) in [4.78, 5) is 0. The molecule has 0 aliphatic heterocycles. The molecule has 1 unspecified atom stereocenters. The summed E-state index contributed by atoms with van der Waals surface area (Å²) in [7, 11) is 0. The van der Waals surface area contributed by atoms with Crippen molar-refractivity contribution < 1.29 is 9.84 Å². The quantitative estimate of drug-likeness (QED) is 0.866. The Balaban J connectivity index is 1.86. The van der Waals surface area contributed by atoms with Gasteiger partial charge in [0.25, 0.3) is 0 Å². The first kappa shape index (κ1) is 12.6. The molecule has 1 aliphatic rings. The maximum atomic E-state index is 10.5. The average Bonchev–Trinajstić information content (AvgIpc) is 2.38. The van der Waals surface area contributed by atoms with Gasteiger partial charge in [-0.25, -0.2) is 0 Å². The maximum Gasteiger partial charge on any atom is 0.0905 e. The van der Waals surface area contributed by atoms with E-state index in [2.05, 4.69) is 12.1 Å². The van der Waals surface area contributed by atoms with Crippen LogP contribution in [0.2, 0.25) is 0 Å². The third-order valence-electron chi connectivity index (χ3n) is 3.82. The van der Waals surface area contributed by atoms with E-state index >= 15 is 0 Å². The standard InChI is InChI=1S/C15H22O2/c1-13(15(16)10-6-3-7-11-15)17-12-14-8-4-2-5-9-14/h2,4-5,8-9,13,16H,3,6-7,10-12H2,1H3. The summed E-state index contributed by atoms with van der Waals surface area (Å²) in [6.45, 7) is 2.58. The molecule has 0 aromatic heterocycles. The fourth-order valence-corrected chi connectivity index (χ4v) is 2.52. The van der Waals surface area contributed by atoms with Gasteiger partial charge in [-0.15, -0.1) is 0 Å². The molecule has 17 heavy (non-hydrogen) atoms. The highest BCUT2D eigenvalue weighted by atomic mass is 16.5. The molecule has 2 heteroatoms. The van der Waals surface area contributed by atoms with Crippen molar-refractivity contribution in [2.45, 2.75) is 57.3 Å². The van der Waals surface area contributed by atoms with Crippen LogP contribution in [0.1, 0.15) is 44.6 Å². The van der Waals surface area contributed by atoms with Gasteiger partial charge < -0.3 is 9.84 Å². The van der Waals surface area contributed by atoms with Crippen LogP contribution >= 0.6 is 0 Å². The first-order chi connectivity index (χ1) is 8.21. The summed E-state index contributed by atoms with van der Waals surface area (Å²) in [5, 5.41) is 10.5. The summed E-state index contributed by atoms with van der Waals surface area (Å²) in [6.07, 6.45) is 5.16. The van der Waals surface area contributed by atoms with Gasteiger partial charge in [-0.2, -0.15) is 0 Å². The summed E-state index contributed by atoms with van der Waals surface area (Å²) in [5.74, 6) is 0. The number of hydrogen-bond donors (Lipinski definition) is 1. The van der Waals surface area contributed by atoms with Crippen molar-refractivity contribution in [1.29, 1.82) is 0 Å². The lowest BCUT2D eigenvalue weighted by molar-refractivity contribution is -0.123. The topological polar surface area (TPSA) is 29.5 Å². The zero-order valence-corrected chi connectivity index (χ0v) is 10.6. The van der Waals surface area contributed by atoms with Crippen molar-refractivity contribution in [2.24, 2.45) is 0 Å². The first-order valence-corrected chi connectivity index (χ1v) is 6.59. The smallest absolute Gasteiger partial charge is 0.0905 e. The van der Waals surface area contributed by atoms with Crippen LogP contribution in [-0.2, 0) is 11.3 Å². The lowest BCUT2D eigenvalue weighted by atomic mass is 9.81. The Bertz CT molecular complexity index is 328. The molecule has 0 bridgehead atoms. The average molecular weight is 234 g/mol. The largest absolute Gasteiger partial charge is 0.387 e. The Hall–Kier alpha value is -0.860. The van der Waals surface area contributed by atoms with Gasteiger partial charge in [-0.1, -0.05) is 49.6 Å². The minimum Gasteiger partial charge on any atom is -0.387 e. The summed E-state index contributed by atoms with van der Waals surface area (Å²) >= 11 is 0. The van der Waals surface area contributed by atoms with Gasteiger partial charge in [0.05, 0.1) is 18.3 Å². The number of ether oxygens (including phenoxy) is 1. The van der Waals surface area contributed by atoms with E-state index < -0.39 is 5.60 Å². The molecule has 0 amide bonds. The van der Waals surface area contributed by atoms with Crippen molar-refractivity contribution in [1.82, 2.24) is 0 Å². The fourth-order valence-electron chi connectivity index (χ4n) is 2.52. The first-order valence-electron chi connectivity index (χ1n) is 6.59. The van der Waals surface area contributed by atoms with Crippen LogP contribution in [0.25, 0.3) is 0 Å². The predicted molar refractivity (Wildman–Crippen MR) is 68.7 cm³/mol. The molecule has 1 aliphatic carbocycles. The van der Waals surface area contributed by atoms with E-state index in [1.54, 1.807) is 0 Å². The Labute approximate surface area is 104 Å². The molecule has 0 radical (unpaired) electrons. The highest BCUT2D eigenvalue weighted by Gasteiger charge is 2.35. The number of rotatable bonds is 4. The van der Waals surface area contributed by atoms with Crippen LogP contribution in [0.4, 0.5) is 0 Å². The molecule has 1 fully saturated rings. The van der Waals surface area contributed by atoms with Crippen molar-refractivity contribution >= 4 is 0 Å². The highest BCUT2D eigenvalue weighted by molar-refractivity contribution is 5.13. The molecular formula is C15H22O2. The lowest BCUT2D eigenvalue weighted by Crippen LogP contribution is -2.43. The highest BCUT2D eigenvalue weighted by Crippen LogP contribution is 2.32. The number of hydrogen-bond acceptors (Lipinski definition) is 2. The summed E-state index contributed by atoms with van der Waals surface area (Å²) in [5.41, 5.74) is 0.561. The maximum absolute atomic E-state index is 10.5. The van der Waals surface area contributed by atoms with Gasteiger partial charge in [0.2, 0.25) is 0 Å². The molecule has 0 saturated heterocycles. The van der Waals surface area contributed by atoms with Gasteiger partial charge >= 0.3 is 0 Å². The minimum absolute atomic E-state index is 0.0805. The van der Waals surface area contributed by atoms with E-state index in [0.29, 0.717) is 6.61 Å². The minimum atomic E-state index is -0.604. The van der Waals surface area contributed by atoms with E-state index in [-0.39, 0.29) is 6.10 Å². The van der Waals surface area contributed by atoms with Crippen molar-refractivity contribution in [3.8, 4) is 0 Å². The molecule has 2 nitrogen and oxygen atoms in total. The van der Waals surface area contributed by atoms with E-state index in [4.69, 9.17) is 4.74 Å². The molecule has 1 saturated carbocycles. The monoisotopic (exact) mass is 234 g/mol. The second kappa shape index (κ2) is 5.65. The lowest BCUT2D eigenvalue weighted by Gasteiger charge is -2.37. The molecule has 0 spiro atoms. The van der Waals surface area contributed by atoms with Crippen molar-refractivity contribution in [3.05, 3.63) is 35.9 Å². The molecule has 0 heterocycles. The third-order valence-corrected chi connectivity index (χ3v) is 3.82. The molecule has 2 rings (SSSR count). The third kappa shape index (κ3) is 3.30. The van der Waals surface area contributed by atoms with Gasteiger partial charge in [-0.3, -0.25) is 0 Å². The molecule has 94 valence electrons. The zero-order chi connectivity index (χ0) is 12.1. The Morgan fingerprint density at radius 3 is 2.47 bits per heavy atom. The van der Waals surface area contributed by atoms with Crippen LogP contribution in [0.3, 0.4) is 0 Å². The Morgan fingerprint density at radius 1 is 1.18 bits per heavy atom. The molecule has 1 N–H and O–H groups in total. The fraction of sp³-hybridized carbons (Fsp3) is 0.600. The van der Waals surface area contributed by atoms with Crippen LogP contribution in [0.5, 0.6) is 0 Å². The van der Waals surface area contributed by atoms with E-state index in [1.165, 1.54) is 12.0 Å². The Kier molecular flexibility index (Phi) is 4.19. The summed E-state index contributed by atoms with van der Waals surface area (Å²) in [6, 6.07) is 10.1. The predicted octanol–water partition coefficient (Wildman–Crippen LogP) is 3.29. The van der Waals surface area contributed by atoms with Crippen LogP contribution in [0, 0.1) is 0 Å². The molecule has 1 aromatic rings. The van der Waals surface area contributed by atoms with Gasteiger partial charge in [0.1, 0.15) is 0 Å². The summed E-state index contributed by atoms with van der Waals surface area (Å²) < 4.78 is 5.82. The Morgan fingerprint density at radius 2 is 1.82 bits per heavy atom. The zero-order valence-electron chi connectivity index (χ0n) is 10.6. The second-order valence-corrected chi connectivity index (χ2v) is 5.10. The van der Waals surface area contributed by atoms with Crippen molar-refractivity contribution in [2.75, 3.05) is 0 Å². The number of aliphatic hydroxyl groups is 1. The second-order valence-electron chi connectivity index (χ2n) is 5.10. The normalized spacial score (nSPS) is 21.1. The van der Waals surface area contributed by atoms with Crippen LogP contribution in [0.15, 0.2) is 30.3 Å². The molecular weight excluding hydrogens is 212 g/mol. The molecule has 1 atom stereocenters. The van der Waals surface area contributed by atoms with Gasteiger partial charge in [0, 0.05) is 0 Å².